The van der Waals surface area contributed by atoms with E-state index < -0.39 is 0 Å². The maximum Gasteiger partial charge on any atom is 0.276 e. The fourth-order valence-corrected chi connectivity index (χ4v) is 3.12. The Bertz CT molecular complexity index is 944. The maximum absolute atomic E-state index is 12.5. The van der Waals surface area contributed by atoms with Gasteiger partial charge >= 0.3 is 0 Å². The number of nitrogens with one attached hydrogen (secondary N) is 1. The normalized spacial score (nSPS) is 16.2. The molecule has 1 aromatic heterocycles. The number of ether oxygens (including phenoxy) is 1. The fourth-order valence-electron chi connectivity index (χ4n) is 3.12. The molecule has 1 N–H and O–H groups in total. The van der Waals surface area contributed by atoms with Crippen LogP contribution in [0.2, 0.25) is 0 Å². The molecule has 0 saturated carbocycles. The Morgan fingerprint density at radius 1 is 1.15 bits per heavy atom. The minimum Gasteiger partial charge on any atom is -0.365 e. The Labute approximate surface area is 152 Å². The number of benzene rings is 2. The molecule has 4 rings (SSSR count). The van der Waals surface area contributed by atoms with Crippen molar-refractivity contribution < 1.29 is 9.53 Å². The van der Waals surface area contributed by atoms with Crippen LogP contribution < -0.4 is 5.32 Å². The second-order valence-electron chi connectivity index (χ2n) is 6.68. The van der Waals surface area contributed by atoms with Crippen molar-refractivity contribution in [2.45, 2.75) is 33.1 Å². The smallest absolute Gasteiger partial charge is 0.276 e. The number of anilines is 1. The molecule has 1 aliphatic heterocycles. The van der Waals surface area contributed by atoms with Crippen molar-refractivity contribution in [2.75, 3.05) is 5.32 Å². The van der Waals surface area contributed by atoms with Gasteiger partial charge in [-0.05, 0) is 37.1 Å². The van der Waals surface area contributed by atoms with E-state index in [4.69, 9.17) is 4.74 Å². The number of hydrogen-bond acceptors (Lipinski definition) is 3. The third-order valence-corrected chi connectivity index (χ3v) is 4.71. The third kappa shape index (κ3) is 3.26. The molecule has 0 radical (unpaired) electrons. The number of para-hydroxylation sites is 1. The van der Waals surface area contributed by atoms with Gasteiger partial charge in [0.25, 0.3) is 5.91 Å². The summed E-state index contributed by atoms with van der Waals surface area (Å²) in [5, 5.41) is 7.42. The minimum atomic E-state index is -0.201. The zero-order valence-electron chi connectivity index (χ0n) is 14.9. The summed E-state index contributed by atoms with van der Waals surface area (Å²) in [5.74, 6) is -0.201. The van der Waals surface area contributed by atoms with E-state index in [-0.39, 0.29) is 12.0 Å². The molecule has 1 atom stereocenters. The molecule has 2 heterocycles. The lowest BCUT2D eigenvalue weighted by atomic mass is 10.1. The van der Waals surface area contributed by atoms with E-state index in [1.165, 1.54) is 5.56 Å². The van der Waals surface area contributed by atoms with Crippen molar-refractivity contribution in [1.29, 1.82) is 0 Å². The van der Waals surface area contributed by atoms with Crippen molar-refractivity contribution >= 4 is 11.6 Å². The summed E-state index contributed by atoms with van der Waals surface area (Å²) in [6.07, 6.45) is -0.0460. The van der Waals surface area contributed by atoms with Crippen molar-refractivity contribution in [1.82, 2.24) is 9.78 Å². The number of aryl methyl sites for hydroxylation is 2. The predicted molar refractivity (Wildman–Crippen MR) is 100 cm³/mol. The molecule has 1 aliphatic rings. The van der Waals surface area contributed by atoms with Crippen molar-refractivity contribution in [3.8, 4) is 0 Å². The predicted octanol–water partition coefficient (Wildman–Crippen LogP) is 4.02. The molecular weight excluding hydrogens is 326 g/mol. The van der Waals surface area contributed by atoms with Crippen molar-refractivity contribution in [3.63, 3.8) is 0 Å². The van der Waals surface area contributed by atoms with Crippen LogP contribution in [0.5, 0.6) is 0 Å². The van der Waals surface area contributed by atoms with Gasteiger partial charge in [0.05, 0.1) is 18.8 Å². The van der Waals surface area contributed by atoms with Crippen LogP contribution in [0.25, 0.3) is 0 Å². The second kappa shape index (κ2) is 6.77. The number of fused-ring (bicyclic) bond motifs is 1. The van der Waals surface area contributed by atoms with Gasteiger partial charge < -0.3 is 10.1 Å². The first-order chi connectivity index (χ1) is 12.6. The maximum atomic E-state index is 12.5. The van der Waals surface area contributed by atoms with Gasteiger partial charge in [0, 0.05) is 5.69 Å². The van der Waals surface area contributed by atoms with E-state index in [0.717, 1.165) is 22.5 Å². The van der Waals surface area contributed by atoms with E-state index >= 15 is 0 Å². The molecule has 0 unspecified atom stereocenters. The quantitative estimate of drug-likeness (QED) is 0.778. The summed E-state index contributed by atoms with van der Waals surface area (Å²) in [4.78, 5) is 12.5. The highest BCUT2D eigenvalue weighted by Gasteiger charge is 2.24. The Hall–Kier alpha value is -2.92. The molecule has 0 spiro atoms. The van der Waals surface area contributed by atoms with E-state index in [1.807, 2.05) is 35.9 Å². The summed E-state index contributed by atoms with van der Waals surface area (Å²) in [6, 6.07) is 17.8. The molecule has 1 amide bonds. The van der Waals surface area contributed by atoms with Gasteiger partial charge in [-0.1, -0.05) is 48.0 Å². The fraction of sp³-hybridized carbons (Fsp3) is 0.238. The molecule has 5 heteroatoms. The molecule has 0 fully saturated rings. The Balaban J connectivity index is 1.51. The van der Waals surface area contributed by atoms with E-state index in [2.05, 4.69) is 41.6 Å². The van der Waals surface area contributed by atoms with E-state index in [9.17, 15) is 4.79 Å². The highest BCUT2D eigenvalue weighted by atomic mass is 16.5. The second-order valence-corrected chi connectivity index (χ2v) is 6.68. The number of rotatable bonds is 3. The van der Waals surface area contributed by atoms with Crippen LogP contribution >= 0.6 is 0 Å². The standard InChI is InChI=1S/C21H21N3O2/c1-14-7-9-16(10-8-14)20-12-24-17(13-26-20)11-19(23-24)21(25)22-18-6-4-3-5-15(18)2/h3-11,20H,12-13H2,1-2H3,(H,22,25)/t20-/m1/s1. The van der Waals surface area contributed by atoms with Gasteiger partial charge in [0.15, 0.2) is 5.69 Å². The van der Waals surface area contributed by atoms with Gasteiger partial charge in [0.2, 0.25) is 0 Å². The minimum absolute atomic E-state index is 0.0460. The summed E-state index contributed by atoms with van der Waals surface area (Å²) in [5.41, 5.74) is 5.51. The van der Waals surface area contributed by atoms with E-state index in [1.54, 1.807) is 6.07 Å². The molecule has 0 saturated heterocycles. The van der Waals surface area contributed by atoms with Gasteiger partial charge in [-0.15, -0.1) is 0 Å². The van der Waals surface area contributed by atoms with Gasteiger partial charge in [-0.3, -0.25) is 9.48 Å². The Morgan fingerprint density at radius 2 is 1.92 bits per heavy atom. The summed E-state index contributed by atoms with van der Waals surface area (Å²) in [7, 11) is 0. The van der Waals surface area contributed by atoms with Crippen LogP contribution in [0, 0.1) is 13.8 Å². The summed E-state index contributed by atoms with van der Waals surface area (Å²) < 4.78 is 7.84. The van der Waals surface area contributed by atoms with Crippen LogP contribution in [0.4, 0.5) is 5.69 Å². The first kappa shape index (κ1) is 16.5. The van der Waals surface area contributed by atoms with Gasteiger partial charge in [0.1, 0.15) is 6.10 Å². The number of hydrogen-bond donors (Lipinski definition) is 1. The average Bonchev–Trinajstić information content (AvgIpc) is 3.07. The van der Waals surface area contributed by atoms with Crippen LogP contribution in [-0.4, -0.2) is 15.7 Å². The Kier molecular flexibility index (Phi) is 4.31. The van der Waals surface area contributed by atoms with Crippen LogP contribution in [0.3, 0.4) is 0 Å². The molecule has 5 nitrogen and oxygen atoms in total. The monoisotopic (exact) mass is 347 g/mol. The van der Waals surface area contributed by atoms with Gasteiger partial charge in [-0.2, -0.15) is 5.10 Å². The molecule has 26 heavy (non-hydrogen) atoms. The highest BCUT2D eigenvalue weighted by molar-refractivity contribution is 6.03. The summed E-state index contributed by atoms with van der Waals surface area (Å²) >= 11 is 0. The highest BCUT2D eigenvalue weighted by Crippen LogP contribution is 2.27. The molecule has 2 aromatic carbocycles. The molecule has 0 aliphatic carbocycles. The number of carbonyl (C=O) groups is 1. The lowest BCUT2D eigenvalue weighted by Gasteiger charge is -2.24. The van der Waals surface area contributed by atoms with Crippen LogP contribution in [-0.2, 0) is 17.9 Å². The lowest BCUT2D eigenvalue weighted by molar-refractivity contribution is -0.00119. The molecule has 0 bridgehead atoms. The topological polar surface area (TPSA) is 56.2 Å². The molecule has 3 aromatic rings. The number of nitrogens with zero attached hydrogens (tertiary/aromatic N) is 2. The lowest BCUT2D eigenvalue weighted by Crippen LogP contribution is -2.22. The van der Waals surface area contributed by atoms with Gasteiger partial charge in [-0.25, -0.2) is 0 Å². The first-order valence-electron chi connectivity index (χ1n) is 8.72. The zero-order valence-corrected chi connectivity index (χ0v) is 14.9. The molecule has 132 valence electrons. The van der Waals surface area contributed by atoms with Crippen molar-refractivity contribution in [2.24, 2.45) is 0 Å². The average molecular weight is 347 g/mol. The first-order valence-corrected chi connectivity index (χ1v) is 8.72. The molecular formula is C21H21N3O2. The number of amides is 1. The third-order valence-electron chi connectivity index (χ3n) is 4.71. The Morgan fingerprint density at radius 3 is 2.69 bits per heavy atom. The van der Waals surface area contributed by atoms with Crippen molar-refractivity contribution in [3.05, 3.63) is 82.7 Å². The zero-order chi connectivity index (χ0) is 18.1. The number of carbonyl (C=O) groups excluding carboxylic acids is 1. The van der Waals surface area contributed by atoms with E-state index in [0.29, 0.717) is 18.8 Å². The number of aromatic nitrogens is 2. The largest absolute Gasteiger partial charge is 0.365 e. The van der Waals surface area contributed by atoms with Crippen LogP contribution in [0.1, 0.15) is 39.0 Å². The summed E-state index contributed by atoms with van der Waals surface area (Å²) in [6.45, 7) is 5.09. The van der Waals surface area contributed by atoms with Crippen LogP contribution in [0.15, 0.2) is 54.6 Å². The SMILES string of the molecule is Cc1ccc([C@H]2Cn3nc(C(=O)Nc4ccccc4C)cc3CO2)cc1.